The van der Waals surface area contributed by atoms with Crippen LogP contribution in [-0.2, 0) is 16.1 Å². The summed E-state index contributed by atoms with van der Waals surface area (Å²) in [6.45, 7) is 3.89. The molecule has 0 aliphatic heterocycles. The quantitative estimate of drug-likeness (QED) is 0.532. The van der Waals surface area contributed by atoms with E-state index in [1.165, 1.54) is 19.3 Å². The first-order chi connectivity index (χ1) is 15.2. The highest BCUT2D eigenvalue weighted by molar-refractivity contribution is 6.39. The van der Waals surface area contributed by atoms with Gasteiger partial charge in [0.05, 0.1) is 24.3 Å². The third kappa shape index (κ3) is 6.28. The SMILES string of the molecule is CNC(=O)/C=C(/C)c1cc(/C(C)=C\C(=O)NCc2ccc(OC)cc2)c(Cl)c(OC)c1Cl. The number of hydrogen-bond acceptors (Lipinski definition) is 4. The smallest absolute Gasteiger partial charge is 0.244 e. The fraction of sp³-hybridized carbons (Fsp3) is 0.250. The summed E-state index contributed by atoms with van der Waals surface area (Å²) in [6, 6.07) is 9.16. The first-order valence-electron chi connectivity index (χ1n) is 9.77. The summed E-state index contributed by atoms with van der Waals surface area (Å²) >= 11 is 13.0. The predicted octanol–water partition coefficient (Wildman–Crippen LogP) is 4.88. The molecular weight excluding hydrogens is 451 g/mol. The molecule has 0 atom stereocenters. The van der Waals surface area contributed by atoms with Gasteiger partial charge in [-0.3, -0.25) is 9.59 Å². The van der Waals surface area contributed by atoms with Crippen LogP contribution in [0.4, 0.5) is 0 Å². The summed E-state index contributed by atoms with van der Waals surface area (Å²) in [7, 11) is 4.60. The van der Waals surface area contributed by atoms with Crippen molar-refractivity contribution in [2.75, 3.05) is 21.3 Å². The average molecular weight is 477 g/mol. The zero-order valence-electron chi connectivity index (χ0n) is 18.6. The number of nitrogens with one attached hydrogen (secondary N) is 2. The van der Waals surface area contributed by atoms with Gasteiger partial charge in [0.15, 0.2) is 5.75 Å². The monoisotopic (exact) mass is 476 g/mol. The van der Waals surface area contributed by atoms with Crippen molar-refractivity contribution >= 4 is 46.2 Å². The van der Waals surface area contributed by atoms with Gasteiger partial charge in [-0.1, -0.05) is 35.3 Å². The van der Waals surface area contributed by atoms with Gasteiger partial charge in [-0.2, -0.15) is 0 Å². The molecule has 0 fully saturated rings. The van der Waals surface area contributed by atoms with Crippen LogP contribution >= 0.6 is 23.2 Å². The lowest BCUT2D eigenvalue weighted by Gasteiger charge is -2.16. The lowest BCUT2D eigenvalue weighted by molar-refractivity contribution is -0.117. The van der Waals surface area contributed by atoms with E-state index in [1.54, 1.807) is 34.1 Å². The maximum atomic E-state index is 12.5. The molecule has 2 aromatic carbocycles. The highest BCUT2D eigenvalue weighted by Crippen LogP contribution is 2.42. The number of ether oxygens (including phenoxy) is 2. The molecule has 32 heavy (non-hydrogen) atoms. The van der Waals surface area contributed by atoms with Crippen molar-refractivity contribution in [2.24, 2.45) is 0 Å². The van der Waals surface area contributed by atoms with Crippen LogP contribution in [0.5, 0.6) is 11.5 Å². The summed E-state index contributed by atoms with van der Waals surface area (Å²) in [6.07, 6.45) is 2.89. The molecule has 6 nitrogen and oxygen atoms in total. The van der Waals surface area contributed by atoms with Gasteiger partial charge in [-0.05, 0) is 48.8 Å². The van der Waals surface area contributed by atoms with Gasteiger partial charge in [0, 0.05) is 36.9 Å². The molecule has 0 unspecified atom stereocenters. The number of rotatable bonds is 8. The predicted molar refractivity (Wildman–Crippen MR) is 129 cm³/mol. The van der Waals surface area contributed by atoms with E-state index in [-0.39, 0.29) is 27.6 Å². The normalized spacial score (nSPS) is 11.7. The molecular formula is C24H26Cl2N2O4. The number of amides is 2. The van der Waals surface area contributed by atoms with Crippen LogP contribution in [0.2, 0.25) is 10.0 Å². The van der Waals surface area contributed by atoms with Gasteiger partial charge >= 0.3 is 0 Å². The van der Waals surface area contributed by atoms with Gasteiger partial charge in [0.2, 0.25) is 11.8 Å². The largest absolute Gasteiger partial charge is 0.497 e. The summed E-state index contributed by atoms with van der Waals surface area (Å²) in [5.74, 6) is 0.484. The number of carbonyl (C=O) groups is 2. The van der Waals surface area contributed by atoms with Crippen molar-refractivity contribution in [3.63, 3.8) is 0 Å². The van der Waals surface area contributed by atoms with Crippen LogP contribution in [0, 0.1) is 0 Å². The lowest BCUT2D eigenvalue weighted by Crippen LogP contribution is -2.20. The van der Waals surface area contributed by atoms with Gasteiger partial charge in [-0.15, -0.1) is 0 Å². The summed E-state index contributed by atoms with van der Waals surface area (Å²) in [4.78, 5) is 24.2. The first kappa shape index (κ1) is 25.3. The standard InChI is InChI=1S/C24H26Cl2N2O4/c1-14(10-20(29)27-3)18-12-19(23(26)24(32-5)22(18)25)15(2)11-21(30)28-13-16-6-8-17(31-4)9-7-16/h6-12H,13H2,1-5H3,(H,27,29)(H,28,30)/b14-10-,15-11-. The van der Waals surface area contributed by atoms with Crippen LogP contribution in [0.15, 0.2) is 42.5 Å². The third-order valence-corrected chi connectivity index (χ3v) is 5.53. The van der Waals surface area contributed by atoms with E-state index < -0.39 is 0 Å². The fourth-order valence-corrected chi connectivity index (χ4v) is 3.77. The number of halogens is 2. The van der Waals surface area contributed by atoms with E-state index in [1.807, 2.05) is 24.3 Å². The van der Waals surface area contributed by atoms with E-state index in [9.17, 15) is 9.59 Å². The Labute approximate surface area is 198 Å². The third-order valence-electron chi connectivity index (χ3n) is 4.78. The Kier molecular flexibility index (Phi) is 9.17. The number of carbonyl (C=O) groups excluding carboxylic acids is 2. The first-order valence-corrected chi connectivity index (χ1v) is 10.5. The van der Waals surface area contributed by atoms with Crippen molar-refractivity contribution in [2.45, 2.75) is 20.4 Å². The van der Waals surface area contributed by atoms with Crippen LogP contribution in [0.1, 0.15) is 30.5 Å². The Hall–Kier alpha value is -2.96. The Balaban J connectivity index is 2.32. The maximum Gasteiger partial charge on any atom is 0.244 e. The minimum Gasteiger partial charge on any atom is -0.497 e. The Morgan fingerprint density at radius 3 is 1.91 bits per heavy atom. The number of hydrogen-bond donors (Lipinski definition) is 2. The van der Waals surface area contributed by atoms with Gasteiger partial charge < -0.3 is 20.1 Å². The van der Waals surface area contributed by atoms with E-state index in [2.05, 4.69) is 10.6 Å². The van der Waals surface area contributed by atoms with Crippen LogP contribution < -0.4 is 20.1 Å². The van der Waals surface area contributed by atoms with Crippen LogP contribution in [-0.4, -0.2) is 33.1 Å². The molecule has 0 aliphatic carbocycles. The molecule has 0 aromatic heterocycles. The maximum absolute atomic E-state index is 12.5. The Morgan fingerprint density at radius 2 is 1.44 bits per heavy atom. The van der Waals surface area contributed by atoms with E-state index in [0.29, 0.717) is 28.8 Å². The number of allylic oxidation sites excluding steroid dienone is 2. The minimum atomic E-state index is -0.275. The van der Waals surface area contributed by atoms with Gasteiger partial charge in [-0.25, -0.2) is 0 Å². The fourth-order valence-electron chi connectivity index (χ4n) is 2.97. The van der Waals surface area contributed by atoms with E-state index in [4.69, 9.17) is 32.7 Å². The highest BCUT2D eigenvalue weighted by Gasteiger charge is 2.19. The van der Waals surface area contributed by atoms with E-state index in [0.717, 1.165) is 11.3 Å². The molecule has 0 bridgehead atoms. The molecule has 0 saturated heterocycles. The van der Waals surface area contributed by atoms with Crippen LogP contribution in [0.25, 0.3) is 11.1 Å². The summed E-state index contributed by atoms with van der Waals surface area (Å²) in [5.41, 5.74) is 3.34. The van der Waals surface area contributed by atoms with Crippen molar-refractivity contribution < 1.29 is 19.1 Å². The highest BCUT2D eigenvalue weighted by atomic mass is 35.5. The van der Waals surface area contributed by atoms with Crippen molar-refractivity contribution in [1.29, 1.82) is 0 Å². The second kappa shape index (κ2) is 11.6. The molecule has 0 heterocycles. The molecule has 8 heteroatoms. The summed E-state index contributed by atoms with van der Waals surface area (Å²) in [5, 5.41) is 5.95. The van der Waals surface area contributed by atoms with Crippen LogP contribution in [0.3, 0.4) is 0 Å². The second-order valence-corrected chi connectivity index (χ2v) is 7.72. The second-order valence-electron chi connectivity index (χ2n) is 6.97. The van der Waals surface area contributed by atoms with E-state index >= 15 is 0 Å². The molecule has 0 aliphatic rings. The number of likely N-dealkylation sites (N-methyl/N-ethyl adjacent to an activating group) is 1. The Morgan fingerprint density at radius 1 is 0.906 bits per heavy atom. The van der Waals surface area contributed by atoms with Gasteiger partial charge in [0.1, 0.15) is 5.75 Å². The molecule has 2 rings (SSSR count). The zero-order chi connectivity index (χ0) is 23.8. The molecule has 0 spiro atoms. The molecule has 170 valence electrons. The van der Waals surface area contributed by atoms with Gasteiger partial charge in [0.25, 0.3) is 0 Å². The average Bonchev–Trinajstić information content (AvgIpc) is 2.78. The molecule has 0 radical (unpaired) electrons. The van der Waals surface area contributed by atoms with Crippen molar-refractivity contribution in [1.82, 2.24) is 10.6 Å². The minimum absolute atomic E-state index is 0.265. The topological polar surface area (TPSA) is 76.7 Å². The Bertz CT molecular complexity index is 1060. The molecule has 2 aromatic rings. The number of methoxy groups -OCH3 is 2. The lowest BCUT2D eigenvalue weighted by atomic mass is 9.98. The van der Waals surface area contributed by atoms with Crippen molar-refractivity contribution in [3.05, 3.63) is 69.2 Å². The number of benzene rings is 2. The molecule has 2 N–H and O–H groups in total. The summed E-state index contributed by atoms with van der Waals surface area (Å²) < 4.78 is 10.5. The zero-order valence-corrected chi connectivity index (χ0v) is 20.1. The molecule has 0 saturated carbocycles. The van der Waals surface area contributed by atoms with Crippen molar-refractivity contribution in [3.8, 4) is 11.5 Å². The molecule has 2 amide bonds.